The highest BCUT2D eigenvalue weighted by atomic mass is 32.2. The summed E-state index contributed by atoms with van der Waals surface area (Å²) in [5.74, 6) is 1.51. The molecule has 0 saturated carbocycles. The van der Waals surface area contributed by atoms with Crippen LogP contribution in [0.5, 0.6) is 5.75 Å². The number of thioether (sulfide) groups is 1. The molecule has 2 aliphatic heterocycles. The number of hydrogen-bond acceptors (Lipinski definition) is 5. The van der Waals surface area contributed by atoms with Crippen LogP contribution < -0.4 is 0 Å². The molecule has 1 N–H and O–H groups in total. The lowest BCUT2D eigenvalue weighted by atomic mass is 9.77. The first-order valence-corrected chi connectivity index (χ1v) is 12.3. The summed E-state index contributed by atoms with van der Waals surface area (Å²) in [6, 6.07) is 11.1. The van der Waals surface area contributed by atoms with Gasteiger partial charge in [0.05, 0.1) is 11.7 Å². The van der Waals surface area contributed by atoms with Crippen molar-refractivity contribution in [3.8, 4) is 5.75 Å². The summed E-state index contributed by atoms with van der Waals surface area (Å²) in [6.45, 7) is 15.3. The van der Waals surface area contributed by atoms with Crippen LogP contribution in [0.1, 0.15) is 89.4 Å². The Labute approximate surface area is 191 Å². The molecule has 4 rings (SSSR count). The van der Waals surface area contributed by atoms with Gasteiger partial charge in [-0.25, -0.2) is 0 Å². The zero-order chi connectivity index (χ0) is 22.6. The van der Waals surface area contributed by atoms with Crippen LogP contribution in [0.15, 0.2) is 41.5 Å². The number of phenols is 1. The molecule has 0 spiro atoms. The van der Waals surface area contributed by atoms with Gasteiger partial charge in [-0.15, -0.1) is 0 Å². The Hall–Kier alpha value is -2.01. The number of rotatable bonds is 3. The number of hydrogen-bond donors (Lipinski definition) is 1. The molecule has 2 aromatic rings. The minimum atomic E-state index is -0.160. The second-order valence-corrected chi connectivity index (χ2v) is 11.8. The van der Waals surface area contributed by atoms with Gasteiger partial charge >= 0.3 is 0 Å². The van der Waals surface area contributed by atoms with E-state index in [0.717, 1.165) is 34.2 Å². The molecule has 0 radical (unpaired) electrons. The normalized spacial score (nSPS) is 23.8. The first-order valence-electron chi connectivity index (χ1n) is 11.3. The predicted molar refractivity (Wildman–Crippen MR) is 131 cm³/mol. The molecular weight excluding hydrogens is 402 g/mol. The predicted octanol–water partition coefficient (Wildman–Crippen LogP) is 6.36. The molecule has 0 bridgehead atoms. The van der Waals surface area contributed by atoms with Gasteiger partial charge in [0.15, 0.2) is 5.17 Å². The van der Waals surface area contributed by atoms with E-state index < -0.39 is 0 Å². The molecule has 2 aliphatic rings. The number of benzene rings is 1. The van der Waals surface area contributed by atoms with Gasteiger partial charge in [0.25, 0.3) is 0 Å². The lowest BCUT2D eigenvalue weighted by Crippen LogP contribution is -2.35. The van der Waals surface area contributed by atoms with Crippen molar-refractivity contribution >= 4 is 16.9 Å². The van der Waals surface area contributed by atoms with Gasteiger partial charge in [-0.2, -0.15) is 0 Å². The molecule has 1 aromatic carbocycles. The van der Waals surface area contributed by atoms with E-state index in [9.17, 15) is 5.11 Å². The van der Waals surface area contributed by atoms with E-state index in [-0.39, 0.29) is 22.9 Å². The van der Waals surface area contributed by atoms with Crippen molar-refractivity contribution in [1.29, 1.82) is 0 Å². The van der Waals surface area contributed by atoms with Gasteiger partial charge in [0.1, 0.15) is 11.8 Å². The highest BCUT2D eigenvalue weighted by Gasteiger charge is 2.46. The second kappa shape index (κ2) is 7.84. The maximum atomic E-state index is 11.2. The number of amidine groups is 1. The Balaban J connectivity index is 1.93. The van der Waals surface area contributed by atoms with E-state index in [1.165, 1.54) is 5.56 Å². The number of aliphatic imine (C=N–C) groups is 1. The SMILES string of the molecule is CCC1CSC2=NC(c3ccccn3)C(c3cc(C(C)(C)C)c(O)c(C(C)(C)C)c3)N21. The number of nitrogens with zero attached hydrogens (tertiary/aromatic N) is 3. The molecule has 166 valence electrons. The van der Waals surface area contributed by atoms with Crippen molar-refractivity contribution < 1.29 is 5.11 Å². The van der Waals surface area contributed by atoms with Gasteiger partial charge in [-0.3, -0.25) is 9.98 Å². The Bertz CT molecular complexity index is 953. The molecule has 3 unspecified atom stereocenters. The number of phenolic OH excluding ortho intramolecular Hbond substituents is 1. The number of aromatic hydroxyl groups is 1. The van der Waals surface area contributed by atoms with E-state index in [1.807, 2.05) is 30.1 Å². The van der Waals surface area contributed by atoms with E-state index >= 15 is 0 Å². The fourth-order valence-electron chi connectivity index (χ4n) is 4.68. The molecule has 0 aliphatic carbocycles. The minimum absolute atomic E-state index is 0.0387. The van der Waals surface area contributed by atoms with Crippen molar-refractivity contribution in [1.82, 2.24) is 9.88 Å². The Kier molecular flexibility index (Phi) is 5.61. The van der Waals surface area contributed by atoms with Gasteiger partial charge < -0.3 is 10.0 Å². The van der Waals surface area contributed by atoms with Gasteiger partial charge in [-0.1, -0.05) is 66.3 Å². The van der Waals surface area contributed by atoms with E-state index in [4.69, 9.17) is 4.99 Å². The van der Waals surface area contributed by atoms with Crippen LogP contribution in [0.3, 0.4) is 0 Å². The quantitative estimate of drug-likeness (QED) is 0.607. The standard InChI is InChI=1S/C26H35N3OS/c1-8-17-15-31-24-28-21(20-11-9-10-12-27-20)22(29(17)24)16-13-18(25(2,3)4)23(30)19(14-16)26(5,6)7/h9-14,17,21-22,30H,8,15H2,1-7H3. The highest BCUT2D eigenvalue weighted by molar-refractivity contribution is 8.14. The van der Waals surface area contributed by atoms with Crippen molar-refractivity contribution in [3.05, 3.63) is 58.9 Å². The van der Waals surface area contributed by atoms with Gasteiger partial charge in [0, 0.05) is 18.0 Å². The Morgan fingerprint density at radius 2 is 1.71 bits per heavy atom. The first kappa shape index (κ1) is 22.2. The molecule has 1 saturated heterocycles. The van der Waals surface area contributed by atoms with Gasteiger partial charge in [-0.05, 0) is 58.2 Å². The summed E-state index contributed by atoms with van der Waals surface area (Å²) in [7, 11) is 0. The van der Waals surface area contributed by atoms with Crippen molar-refractivity contribution in [2.45, 2.75) is 83.8 Å². The maximum absolute atomic E-state index is 11.2. The molecule has 31 heavy (non-hydrogen) atoms. The number of aromatic nitrogens is 1. The molecule has 4 nitrogen and oxygen atoms in total. The maximum Gasteiger partial charge on any atom is 0.160 e. The van der Waals surface area contributed by atoms with Crippen LogP contribution in [0.4, 0.5) is 0 Å². The average Bonchev–Trinajstić information content (AvgIpc) is 3.26. The van der Waals surface area contributed by atoms with E-state index in [1.54, 1.807) is 0 Å². The third kappa shape index (κ3) is 3.97. The molecular formula is C26H35N3OS. The molecule has 1 aromatic heterocycles. The van der Waals surface area contributed by atoms with Crippen LogP contribution in [0.25, 0.3) is 0 Å². The monoisotopic (exact) mass is 437 g/mol. The summed E-state index contributed by atoms with van der Waals surface area (Å²) in [4.78, 5) is 12.4. The second-order valence-electron chi connectivity index (χ2n) is 10.8. The molecule has 1 fully saturated rings. The Morgan fingerprint density at radius 1 is 1.06 bits per heavy atom. The first-order chi connectivity index (χ1) is 14.5. The largest absolute Gasteiger partial charge is 0.507 e. The molecule has 5 heteroatoms. The summed E-state index contributed by atoms with van der Waals surface area (Å²) in [6.07, 6.45) is 2.95. The summed E-state index contributed by atoms with van der Waals surface area (Å²) in [5, 5.41) is 12.4. The smallest absolute Gasteiger partial charge is 0.160 e. The fraction of sp³-hybridized carbons (Fsp3) is 0.538. The van der Waals surface area contributed by atoms with E-state index in [2.05, 4.69) is 76.5 Å². The van der Waals surface area contributed by atoms with Crippen LogP contribution >= 0.6 is 11.8 Å². The lowest BCUT2D eigenvalue weighted by Gasteiger charge is -2.35. The molecule has 0 amide bonds. The number of pyridine rings is 1. The van der Waals surface area contributed by atoms with Crippen LogP contribution in [-0.4, -0.2) is 32.0 Å². The highest BCUT2D eigenvalue weighted by Crippen LogP contribution is 2.51. The number of fused-ring (bicyclic) bond motifs is 1. The Morgan fingerprint density at radius 3 is 2.23 bits per heavy atom. The van der Waals surface area contributed by atoms with Gasteiger partial charge in [0.2, 0.25) is 0 Å². The van der Waals surface area contributed by atoms with Crippen molar-refractivity contribution in [2.75, 3.05) is 5.75 Å². The fourth-order valence-corrected chi connectivity index (χ4v) is 6.02. The van der Waals surface area contributed by atoms with E-state index in [0.29, 0.717) is 11.8 Å². The third-order valence-corrected chi connectivity index (χ3v) is 7.55. The summed E-state index contributed by atoms with van der Waals surface area (Å²) in [5.41, 5.74) is 3.92. The average molecular weight is 438 g/mol. The van der Waals surface area contributed by atoms with Crippen LogP contribution in [0, 0.1) is 0 Å². The zero-order valence-electron chi connectivity index (χ0n) is 19.8. The van der Waals surface area contributed by atoms with Crippen molar-refractivity contribution in [3.63, 3.8) is 0 Å². The topological polar surface area (TPSA) is 48.7 Å². The lowest BCUT2D eigenvalue weighted by molar-refractivity contribution is 0.254. The summed E-state index contributed by atoms with van der Waals surface area (Å²) < 4.78 is 0. The molecule has 3 heterocycles. The summed E-state index contributed by atoms with van der Waals surface area (Å²) >= 11 is 1.86. The third-order valence-electron chi connectivity index (χ3n) is 6.42. The minimum Gasteiger partial charge on any atom is -0.507 e. The molecule has 3 atom stereocenters. The van der Waals surface area contributed by atoms with Crippen LogP contribution in [-0.2, 0) is 10.8 Å². The zero-order valence-corrected chi connectivity index (χ0v) is 20.6. The van der Waals surface area contributed by atoms with Crippen molar-refractivity contribution in [2.24, 2.45) is 4.99 Å². The van der Waals surface area contributed by atoms with Crippen LogP contribution in [0.2, 0.25) is 0 Å².